The van der Waals surface area contributed by atoms with Gasteiger partial charge in [-0.15, -0.1) is 0 Å². The fourth-order valence-electron chi connectivity index (χ4n) is 4.02. The van der Waals surface area contributed by atoms with Gasteiger partial charge in [0, 0.05) is 25.7 Å². The first-order valence-corrected chi connectivity index (χ1v) is 7.55. The fourth-order valence-corrected chi connectivity index (χ4v) is 4.02. The number of rotatable bonds is 3. The molecule has 4 heteroatoms. The minimum atomic E-state index is -0.705. The highest BCUT2D eigenvalue weighted by atomic mass is 16.4. The minimum absolute atomic E-state index is 0.194. The zero-order valence-corrected chi connectivity index (χ0v) is 12.6. The molecule has 2 atom stereocenters. The molecule has 2 unspecified atom stereocenters. The summed E-state index contributed by atoms with van der Waals surface area (Å²) in [5, 5.41) is 8.89. The number of carboxylic acid groups (broad SMARTS) is 1. The monoisotopic (exact) mass is 268 g/mol. The van der Waals surface area contributed by atoms with Gasteiger partial charge in [-0.05, 0) is 37.1 Å². The third kappa shape index (κ3) is 3.93. The Balaban J connectivity index is 1.91. The molecular weight excluding hydrogens is 240 g/mol. The quantitative estimate of drug-likeness (QED) is 0.849. The first-order valence-electron chi connectivity index (χ1n) is 7.55. The molecular formula is C15H28N2O2. The Morgan fingerprint density at radius 2 is 1.95 bits per heavy atom. The van der Waals surface area contributed by atoms with Crippen molar-refractivity contribution >= 4 is 5.97 Å². The maximum atomic E-state index is 10.8. The Bertz CT molecular complexity index is 330. The van der Waals surface area contributed by atoms with Crippen LogP contribution >= 0.6 is 0 Å². The summed E-state index contributed by atoms with van der Waals surface area (Å²) in [6.45, 7) is 11.3. The molecule has 1 N–H and O–H groups in total. The van der Waals surface area contributed by atoms with Crippen molar-refractivity contribution < 1.29 is 9.90 Å². The van der Waals surface area contributed by atoms with Crippen molar-refractivity contribution in [3.8, 4) is 0 Å². The lowest BCUT2D eigenvalue weighted by molar-refractivity contribution is -0.138. The molecule has 0 aromatic heterocycles. The second-order valence-corrected chi connectivity index (χ2v) is 7.18. The first kappa shape index (κ1) is 14.8. The molecule has 2 rings (SSSR count). The summed E-state index contributed by atoms with van der Waals surface area (Å²) in [6.07, 6.45) is 3.69. The van der Waals surface area contributed by atoms with Crippen molar-refractivity contribution in [3.05, 3.63) is 0 Å². The van der Waals surface area contributed by atoms with Crippen LogP contribution in [-0.2, 0) is 4.79 Å². The highest BCUT2D eigenvalue weighted by molar-refractivity contribution is 5.69. The molecule has 1 aliphatic carbocycles. The van der Waals surface area contributed by atoms with E-state index in [1.54, 1.807) is 0 Å². The highest BCUT2D eigenvalue weighted by Crippen LogP contribution is 2.43. The molecule has 2 fully saturated rings. The molecule has 0 spiro atoms. The van der Waals surface area contributed by atoms with Crippen molar-refractivity contribution in [1.29, 1.82) is 0 Å². The average molecular weight is 268 g/mol. The van der Waals surface area contributed by atoms with Crippen LogP contribution in [0, 0.1) is 11.3 Å². The van der Waals surface area contributed by atoms with Crippen molar-refractivity contribution in [2.24, 2.45) is 11.3 Å². The van der Waals surface area contributed by atoms with Crippen LogP contribution in [0.4, 0.5) is 0 Å². The highest BCUT2D eigenvalue weighted by Gasteiger charge is 2.39. The van der Waals surface area contributed by atoms with Gasteiger partial charge in [-0.3, -0.25) is 14.6 Å². The largest absolute Gasteiger partial charge is 0.480 e. The van der Waals surface area contributed by atoms with Crippen LogP contribution in [0.2, 0.25) is 0 Å². The SMILES string of the molecule is CC1CC(C)(C)CC1N1CCCN(CC(=O)O)CC1. The molecule has 0 amide bonds. The predicted octanol–water partition coefficient (Wildman–Crippen LogP) is 1.90. The number of aliphatic carboxylic acids is 1. The van der Waals surface area contributed by atoms with Crippen LogP contribution in [0.25, 0.3) is 0 Å². The van der Waals surface area contributed by atoms with Gasteiger partial charge in [0.15, 0.2) is 0 Å². The van der Waals surface area contributed by atoms with E-state index in [4.69, 9.17) is 5.11 Å². The van der Waals surface area contributed by atoms with E-state index < -0.39 is 5.97 Å². The smallest absolute Gasteiger partial charge is 0.317 e. The van der Waals surface area contributed by atoms with E-state index in [0.717, 1.165) is 38.5 Å². The molecule has 1 saturated heterocycles. The molecule has 0 bridgehead atoms. The number of carboxylic acids is 1. The van der Waals surface area contributed by atoms with E-state index in [0.29, 0.717) is 11.5 Å². The standard InChI is InChI=1S/C15H28N2O2/c1-12-9-15(2,3)10-13(12)17-6-4-5-16(7-8-17)11-14(18)19/h12-13H,4-11H2,1-3H3,(H,18,19). The second-order valence-electron chi connectivity index (χ2n) is 7.18. The molecule has 19 heavy (non-hydrogen) atoms. The van der Waals surface area contributed by atoms with Crippen molar-refractivity contribution in [3.63, 3.8) is 0 Å². The zero-order chi connectivity index (χ0) is 14.0. The molecule has 4 nitrogen and oxygen atoms in total. The summed E-state index contributed by atoms with van der Waals surface area (Å²) < 4.78 is 0. The van der Waals surface area contributed by atoms with Crippen LogP contribution in [0.15, 0.2) is 0 Å². The molecule has 0 aromatic carbocycles. The van der Waals surface area contributed by atoms with Crippen molar-refractivity contribution in [2.45, 2.75) is 46.1 Å². The third-order valence-electron chi connectivity index (χ3n) is 4.74. The summed E-state index contributed by atoms with van der Waals surface area (Å²) in [5.74, 6) is 0.0600. The number of nitrogens with zero attached hydrogens (tertiary/aromatic N) is 2. The molecule has 0 radical (unpaired) electrons. The van der Waals surface area contributed by atoms with E-state index in [2.05, 4.69) is 30.6 Å². The summed E-state index contributed by atoms with van der Waals surface area (Å²) in [5.41, 5.74) is 0.469. The van der Waals surface area contributed by atoms with Crippen LogP contribution in [0.5, 0.6) is 0 Å². The summed E-state index contributed by atoms with van der Waals surface area (Å²) in [7, 11) is 0. The van der Waals surface area contributed by atoms with Gasteiger partial charge in [-0.25, -0.2) is 0 Å². The van der Waals surface area contributed by atoms with Gasteiger partial charge >= 0.3 is 5.97 Å². The Kier molecular flexibility index (Phi) is 4.51. The lowest BCUT2D eigenvalue weighted by Crippen LogP contribution is -2.40. The fraction of sp³-hybridized carbons (Fsp3) is 0.933. The summed E-state index contributed by atoms with van der Waals surface area (Å²) >= 11 is 0. The van der Waals surface area contributed by atoms with Gasteiger partial charge in [0.05, 0.1) is 6.54 Å². The predicted molar refractivity (Wildman–Crippen MR) is 76.2 cm³/mol. The van der Waals surface area contributed by atoms with Crippen LogP contribution in [0.1, 0.15) is 40.0 Å². The minimum Gasteiger partial charge on any atom is -0.480 e. The summed E-state index contributed by atoms with van der Waals surface area (Å²) in [4.78, 5) is 15.5. The molecule has 110 valence electrons. The van der Waals surface area contributed by atoms with Gasteiger partial charge in [0.25, 0.3) is 0 Å². The van der Waals surface area contributed by atoms with Gasteiger partial charge in [-0.1, -0.05) is 20.8 Å². The van der Waals surface area contributed by atoms with Crippen LogP contribution in [-0.4, -0.2) is 59.6 Å². The first-order chi connectivity index (χ1) is 8.87. The molecule has 1 saturated carbocycles. The summed E-state index contributed by atoms with van der Waals surface area (Å²) in [6, 6.07) is 0.694. The van der Waals surface area contributed by atoms with Crippen molar-refractivity contribution in [2.75, 3.05) is 32.7 Å². The molecule has 1 aliphatic heterocycles. The van der Waals surface area contributed by atoms with Gasteiger partial charge in [0.1, 0.15) is 0 Å². The van der Waals surface area contributed by atoms with E-state index in [9.17, 15) is 4.79 Å². The number of hydrogen-bond acceptors (Lipinski definition) is 3. The normalized spacial score (nSPS) is 33.2. The Hall–Kier alpha value is -0.610. The lowest BCUT2D eigenvalue weighted by Gasteiger charge is -2.31. The average Bonchev–Trinajstić information content (AvgIpc) is 2.48. The van der Waals surface area contributed by atoms with Crippen LogP contribution < -0.4 is 0 Å². The maximum Gasteiger partial charge on any atom is 0.317 e. The zero-order valence-electron chi connectivity index (χ0n) is 12.6. The van der Waals surface area contributed by atoms with E-state index in [1.165, 1.54) is 12.8 Å². The number of carbonyl (C=O) groups is 1. The lowest BCUT2D eigenvalue weighted by atomic mass is 9.91. The van der Waals surface area contributed by atoms with Gasteiger partial charge < -0.3 is 5.11 Å². The Morgan fingerprint density at radius 3 is 2.53 bits per heavy atom. The van der Waals surface area contributed by atoms with E-state index in [1.807, 2.05) is 0 Å². The molecule has 1 heterocycles. The van der Waals surface area contributed by atoms with E-state index >= 15 is 0 Å². The third-order valence-corrected chi connectivity index (χ3v) is 4.74. The van der Waals surface area contributed by atoms with Crippen LogP contribution in [0.3, 0.4) is 0 Å². The molecule has 0 aromatic rings. The van der Waals surface area contributed by atoms with Crippen molar-refractivity contribution in [1.82, 2.24) is 9.80 Å². The number of hydrogen-bond donors (Lipinski definition) is 1. The Labute approximate surface area is 116 Å². The maximum absolute atomic E-state index is 10.8. The second kappa shape index (κ2) is 5.80. The van der Waals surface area contributed by atoms with Gasteiger partial charge in [0.2, 0.25) is 0 Å². The topological polar surface area (TPSA) is 43.8 Å². The van der Waals surface area contributed by atoms with Gasteiger partial charge in [-0.2, -0.15) is 0 Å². The van der Waals surface area contributed by atoms with E-state index in [-0.39, 0.29) is 6.54 Å². The Morgan fingerprint density at radius 1 is 1.21 bits per heavy atom. The molecule has 2 aliphatic rings.